The van der Waals surface area contributed by atoms with Gasteiger partial charge < -0.3 is 9.88 Å². The second-order valence-corrected chi connectivity index (χ2v) is 5.53. The molecule has 0 aliphatic carbocycles. The monoisotopic (exact) mass is 322 g/mol. The Morgan fingerprint density at radius 1 is 1.29 bits per heavy atom. The van der Waals surface area contributed by atoms with Gasteiger partial charge in [0.25, 0.3) is 5.91 Å². The second kappa shape index (κ2) is 6.62. The summed E-state index contributed by atoms with van der Waals surface area (Å²) in [7, 11) is 0. The third kappa shape index (κ3) is 3.03. The lowest BCUT2D eigenvalue weighted by Crippen LogP contribution is -2.29. The van der Waals surface area contributed by atoms with E-state index < -0.39 is 5.91 Å². The molecule has 3 rings (SSSR count). The molecule has 0 aliphatic rings. The number of aryl methyl sites for hydroxylation is 2. The Hall–Kier alpha value is -3.02. The number of hydrogen-bond donors (Lipinski definition) is 1. The van der Waals surface area contributed by atoms with Crippen LogP contribution >= 0.6 is 0 Å². The summed E-state index contributed by atoms with van der Waals surface area (Å²) in [6, 6.07) is 7.17. The van der Waals surface area contributed by atoms with Crippen molar-refractivity contribution in [1.29, 1.82) is 0 Å². The number of nitrogens with one attached hydrogen (secondary N) is 1. The zero-order valence-electron chi connectivity index (χ0n) is 13.6. The minimum Gasteiger partial charge on any atom is -0.348 e. The first-order chi connectivity index (χ1) is 11.6. The van der Waals surface area contributed by atoms with E-state index in [1.54, 1.807) is 36.8 Å². The summed E-state index contributed by atoms with van der Waals surface area (Å²) in [6.45, 7) is 4.77. The highest BCUT2D eigenvalue weighted by Gasteiger charge is 2.15. The molecule has 0 saturated heterocycles. The third-order valence-electron chi connectivity index (χ3n) is 3.82. The van der Waals surface area contributed by atoms with E-state index in [0.29, 0.717) is 24.1 Å². The summed E-state index contributed by atoms with van der Waals surface area (Å²) < 4.78 is 1.82. The van der Waals surface area contributed by atoms with Gasteiger partial charge in [0.05, 0.1) is 5.39 Å². The Kier molecular flexibility index (Phi) is 4.37. The number of fused-ring (bicyclic) bond motifs is 1. The zero-order chi connectivity index (χ0) is 17.1. The minimum atomic E-state index is -0.395. The van der Waals surface area contributed by atoms with Crippen LogP contribution in [0, 0.1) is 6.92 Å². The molecule has 3 aromatic rings. The van der Waals surface area contributed by atoms with Crippen molar-refractivity contribution in [2.24, 2.45) is 0 Å². The Labute approximate surface area is 139 Å². The fourth-order valence-electron chi connectivity index (χ4n) is 2.54. The van der Waals surface area contributed by atoms with Crippen molar-refractivity contribution in [3.63, 3.8) is 0 Å². The maximum absolute atomic E-state index is 12.6. The molecule has 0 saturated carbocycles. The van der Waals surface area contributed by atoms with E-state index in [1.165, 1.54) is 0 Å². The second-order valence-electron chi connectivity index (χ2n) is 5.53. The van der Waals surface area contributed by atoms with Gasteiger partial charge in [-0.2, -0.15) is 0 Å². The van der Waals surface area contributed by atoms with Gasteiger partial charge in [0.15, 0.2) is 0 Å². The molecular formula is C18H18N4O2. The van der Waals surface area contributed by atoms with Gasteiger partial charge in [0.1, 0.15) is 11.2 Å². The molecule has 0 unspecified atom stereocenters. The van der Waals surface area contributed by atoms with E-state index in [-0.39, 0.29) is 11.0 Å². The summed E-state index contributed by atoms with van der Waals surface area (Å²) in [5.74, 6) is -0.395. The maximum Gasteiger partial charge on any atom is 0.257 e. The first kappa shape index (κ1) is 15.9. The fourth-order valence-corrected chi connectivity index (χ4v) is 2.54. The van der Waals surface area contributed by atoms with Gasteiger partial charge in [0, 0.05) is 37.4 Å². The first-order valence-corrected chi connectivity index (χ1v) is 7.78. The van der Waals surface area contributed by atoms with Gasteiger partial charge in [-0.05, 0) is 37.6 Å². The summed E-state index contributed by atoms with van der Waals surface area (Å²) >= 11 is 0. The van der Waals surface area contributed by atoms with Gasteiger partial charge in [-0.15, -0.1) is 0 Å². The molecule has 0 spiro atoms. The van der Waals surface area contributed by atoms with Crippen LogP contribution in [-0.2, 0) is 13.1 Å². The van der Waals surface area contributed by atoms with Crippen molar-refractivity contribution in [2.75, 3.05) is 0 Å². The molecule has 1 N–H and O–H groups in total. The van der Waals surface area contributed by atoms with E-state index in [1.807, 2.05) is 24.5 Å². The third-order valence-corrected chi connectivity index (χ3v) is 3.82. The molecule has 0 aromatic carbocycles. The van der Waals surface area contributed by atoms with Crippen LogP contribution < -0.4 is 10.7 Å². The lowest BCUT2D eigenvalue weighted by molar-refractivity contribution is 0.0949. The van der Waals surface area contributed by atoms with Crippen LogP contribution in [0.25, 0.3) is 11.0 Å². The molecule has 0 aliphatic heterocycles. The molecule has 0 fully saturated rings. The average Bonchev–Trinajstić information content (AvgIpc) is 2.61. The molecule has 6 nitrogen and oxygen atoms in total. The van der Waals surface area contributed by atoms with E-state index in [2.05, 4.69) is 15.3 Å². The summed E-state index contributed by atoms with van der Waals surface area (Å²) in [5.41, 5.74) is 2.13. The number of hydrogen-bond acceptors (Lipinski definition) is 4. The van der Waals surface area contributed by atoms with Crippen molar-refractivity contribution in [1.82, 2.24) is 19.9 Å². The van der Waals surface area contributed by atoms with Crippen LogP contribution in [-0.4, -0.2) is 20.4 Å². The smallest absolute Gasteiger partial charge is 0.257 e. The number of aromatic nitrogens is 3. The van der Waals surface area contributed by atoms with Crippen LogP contribution in [0.2, 0.25) is 0 Å². The number of rotatable bonds is 4. The van der Waals surface area contributed by atoms with Crippen molar-refractivity contribution in [3.8, 4) is 0 Å². The van der Waals surface area contributed by atoms with Crippen molar-refractivity contribution in [3.05, 3.63) is 69.9 Å². The highest BCUT2D eigenvalue weighted by molar-refractivity contribution is 5.96. The summed E-state index contributed by atoms with van der Waals surface area (Å²) in [6.07, 6.45) is 4.93. The van der Waals surface area contributed by atoms with Crippen LogP contribution in [0.5, 0.6) is 0 Å². The van der Waals surface area contributed by atoms with Gasteiger partial charge >= 0.3 is 0 Å². The quantitative estimate of drug-likeness (QED) is 0.797. The summed E-state index contributed by atoms with van der Waals surface area (Å²) in [5, 5.41) is 3.23. The predicted octanol–water partition coefficient (Wildman–Crippen LogP) is 2.05. The number of carbonyl (C=O) groups excluding carboxylic acids is 1. The Morgan fingerprint density at radius 3 is 2.83 bits per heavy atom. The van der Waals surface area contributed by atoms with Crippen molar-refractivity contribution >= 4 is 16.9 Å². The number of amides is 1. The van der Waals surface area contributed by atoms with Gasteiger partial charge in [0.2, 0.25) is 5.43 Å². The molecule has 1 amide bonds. The Morgan fingerprint density at radius 2 is 2.12 bits per heavy atom. The van der Waals surface area contributed by atoms with Crippen LogP contribution in [0.15, 0.2) is 47.7 Å². The highest BCUT2D eigenvalue weighted by atomic mass is 16.2. The Balaban J connectivity index is 1.97. The van der Waals surface area contributed by atoms with Gasteiger partial charge in [-0.3, -0.25) is 14.6 Å². The van der Waals surface area contributed by atoms with Crippen LogP contribution in [0.4, 0.5) is 0 Å². The highest BCUT2D eigenvalue weighted by Crippen LogP contribution is 2.11. The largest absolute Gasteiger partial charge is 0.348 e. The fraction of sp³-hybridized carbons (Fsp3) is 0.222. The van der Waals surface area contributed by atoms with E-state index >= 15 is 0 Å². The predicted molar refractivity (Wildman–Crippen MR) is 91.8 cm³/mol. The molecular weight excluding hydrogens is 304 g/mol. The molecule has 0 bridgehead atoms. The van der Waals surface area contributed by atoms with Gasteiger partial charge in [-0.1, -0.05) is 6.07 Å². The average molecular weight is 322 g/mol. The maximum atomic E-state index is 12.6. The minimum absolute atomic E-state index is 0.124. The zero-order valence-corrected chi connectivity index (χ0v) is 13.6. The number of nitrogens with zero attached hydrogens (tertiary/aromatic N) is 3. The van der Waals surface area contributed by atoms with Crippen LogP contribution in [0.3, 0.4) is 0 Å². The molecule has 6 heteroatoms. The molecule has 3 heterocycles. The van der Waals surface area contributed by atoms with Crippen molar-refractivity contribution < 1.29 is 4.79 Å². The molecule has 0 atom stereocenters. The lowest BCUT2D eigenvalue weighted by Gasteiger charge is -2.11. The summed E-state index contributed by atoms with van der Waals surface area (Å²) in [4.78, 5) is 33.5. The Bertz CT molecular complexity index is 948. The van der Waals surface area contributed by atoms with E-state index in [4.69, 9.17) is 0 Å². The van der Waals surface area contributed by atoms with E-state index in [9.17, 15) is 9.59 Å². The van der Waals surface area contributed by atoms with Gasteiger partial charge in [-0.25, -0.2) is 4.98 Å². The number of carbonyl (C=O) groups is 1. The number of pyridine rings is 3. The van der Waals surface area contributed by atoms with Crippen LogP contribution in [0.1, 0.15) is 28.5 Å². The first-order valence-electron chi connectivity index (χ1n) is 7.78. The van der Waals surface area contributed by atoms with E-state index in [0.717, 1.165) is 11.3 Å². The molecule has 122 valence electrons. The molecule has 24 heavy (non-hydrogen) atoms. The van der Waals surface area contributed by atoms with Crippen molar-refractivity contribution in [2.45, 2.75) is 26.9 Å². The molecule has 3 aromatic heterocycles. The topological polar surface area (TPSA) is 76.9 Å². The molecule has 0 radical (unpaired) electrons. The SMILES string of the molecule is CCn1cc(C(=O)NCc2cccnc2)c(=O)c2ccc(C)nc21. The standard InChI is InChI=1S/C18H18N4O2/c1-3-22-11-15(16(23)14-7-6-12(2)21-17(14)22)18(24)20-10-13-5-4-8-19-9-13/h4-9,11H,3,10H2,1-2H3,(H,20,24). The lowest BCUT2D eigenvalue weighted by atomic mass is 10.1. The normalized spacial score (nSPS) is 10.8.